The lowest BCUT2D eigenvalue weighted by Crippen LogP contribution is -2.50. The number of amides is 1. The Hall–Kier alpha value is -1.30. The summed E-state index contributed by atoms with van der Waals surface area (Å²) in [4.78, 5) is 23.0. The van der Waals surface area contributed by atoms with Crippen LogP contribution < -0.4 is 5.32 Å². The van der Waals surface area contributed by atoms with Gasteiger partial charge in [0.2, 0.25) is 0 Å². The molecule has 2 atom stereocenters. The third-order valence-electron chi connectivity index (χ3n) is 3.12. The van der Waals surface area contributed by atoms with Crippen molar-refractivity contribution in [1.82, 2.24) is 5.32 Å². The molecule has 0 aromatic carbocycles. The number of hydrogen-bond acceptors (Lipinski definition) is 5. The summed E-state index contributed by atoms with van der Waals surface area (Å²) in [7, 11) is 2.57. The van der Waals surface area contributed by atoms with Gasteiger partial charge in [-0.2, -0.15) is 0 Å². The number of ether oxygens (including phenoxy) is 3. The zero-order chi connectivity index (χ0) is 13.8. The minimum absolute atomic E-state index is 0.0136. The highest BCUT2D eigenvalue weighted by atomic mass is 16.5. The molecule has 0 unspecified atom stereocenters. The van der Waals surface area contributed by atoms with Crippen LogP contribution in [0.1, 0.15) is 26.7 Å². The summed E-state index contributed by atoms with van der Waals surface area (Å²) < 4.78 is 14.9. The molecule has 1 heterocycles. The monoisotopic (exact) mass is 259 g/mol. The molecule has 0 aromatic rings. The van der Waals surface area contributed by atoms with Crippen LogP contribution in [0.25, 0.3) is 0 Å². The first-order valence-corrected chi connectivity index (χ1v) is 5.96. The van der Waals surface area contributed by atoms with Crippen LogP contribution in [0, 0.1) is 5.92 Å². The van der Waals surface area contributed by atoms with Crippen LogP contribution in [0.5, 0.6) is 0 Å². The molecule has 1 fully saturated rings. The second kappa shape index (κ2) is 6.04. The summed E-state index contributed by atoms with van der Waals surface area (Å²) in [6.07, 6.45) is 0.749. The van der Waals surface area contributed by atoms with Crippen molar-refractivity contribution in [3.8, 4) is 0 Å². The minimum Gasteiger partial charge on any atom is -0.467 e. The SMILES string of the molecule is COC(=O)N[C@@H](C(=O)OC)[C@@H]1CCOC(C)(C)C1. The van der Waals surface area contributed by atoms with Gasteiger partial charge in [0.05, 0.1) is 19.8 Å². The zero-order valence-electron chi connectivity index (χ0n) is 11.3. The Morgan fingerprint density at radius 3 is 2.50 bits per heavy atom. The van der Waals surface area contributed by atoms with Gasteiger partial charge >= 0.3 is 12.1 Å². The molecule has 104 valence electrons. The highest BCUT2D eigenvalue weighted by Gasteiger charge is 2.38. The van der Waals surface area contributed by atoms with E-state index in [2.05, 4.69) is 10.1 Å². The van der Waals surface area contributed by atoms with Crippen molar-refractivity contribution in [3.63, 3.8) is 0 Å². The van der Waals surface area contributed by atoms with Gasteiger partial charge in [-0.15, -0.1) is 0 Å². The lowest BCUT2D eigenvalue weighted by Gasteiger charge is -2.38. The summed E-state index contributed by atoms with van der Waals surface area (Å²) in [6.45, 7) is 4.49. The normalized spacial score (nSPS) is 23.9. The Kier molecular flexibility index (Phi) is 4.95. The number of hydrogen-bond donors (Lipinski definition) is 1. The van der Waals surface area contributed by atoms with E-state index < -0.39 is 18.1 Å². The first kappa shape index (κ1) is 14.8. The lowest BCUT2D eigenvalue weighted by molar-refractivity contribution is -0.147. The molecule has 0 saturated carbocycles. The molecule has 1 saturated heterocycles. The van der Waals surface area contributed by atoms with Crippen LogP contribution in [0.3, 0.4) is 0 Å². The lowest BCUT2D eigenvalue weighted by atomic mass is 9.83. The predicted molar refractivity (Wildman–Crippen MR) is 64.1 cm³/mol. The fourth-order valence-corrected chi connectivity index (χ4v) is 2.25. The molecular formula is C12H21NO5. The predicted octanol–water partition coefficient (Wildman–Crippen LogP) is 1.09. The van der Waals surface area contributed by atoms with Gasteiger partial charge in [0.1, 0.15) is 6.04 Å². The van der Waals surface area contributed by atoms with Gasteiger partial charge in [-0.05, 0) is 32.6 Å². The van der Waals surface area contributed by atoms with Crippen LogP contribution in [-0.2, 0) is 19.0 Å². The number of alkyl carbamates (subject to hydrolysis) is 1. The summed E-state index contributed by atoms with van der Waals surface area (Å²) in [5.74, 6) is -0.469. The smallest absolute Gasteiger partial charge is 0.407 e. The van der Waals surface area contributed by atoms with E-state index >= 15 is 0 Å². The first-order chi connectivity index (χ1) is 8.39. The average Bonchev–Trinajstić information content (AvgIpc) is 2.33. The van der Waals surface area contributed by atoms with E-state index in [0.29, 0.717) is 19.4 Å². The van der Waals surface area contributed by atoms with E-state index in [4.69, 9.17) is 9.47 Å². The minimum atomic E-state index is -0.689. The van der Waals surface area contributed by atoms with Gasteiger partial charge in [-0.3, -0.25) is 0 Å². The van der Waals surface area contributed by atoms with Gasteiger partial charge < -0.3 is 19.5 Å². The van der Waals surface area contributed by atoms with E-state index in [0.717, 1.165) is 0 Å². The molecule has 6 nitrogen and oxygen atoms in total. The highest BCUT2D eigenvalue weighted by Crippen LogP contribution is 2.31. The Labute approximate surface area is 107 Å². The number of rotatable bonds is 3. The number of esters is 1. The maximum absolute atomic E-state index is 11.7. The fourth-order valence-electron chi connectivity index (χ4n) is 2.25. The summed E-state index contributed by atoms with van der Waals surface area (Å²) in [5.41, 5.74) is -0.299. The number of carbonyl (C=O) groups is 2. The largest absolute Gasteiger partial charge is 0.467 e. The van der Waals surface area contributed by atoms with Crippen molar-refractivity contribution >= 4 is 12.1 Å². The number of methoxy groups -OCH3 is 2. The van der Waals surface area contributed by atoms with Crippen LogP contribution in [0.2, 0.25) is 0 Å². The van der Waals surface area contributed by atoms with Crippen molar-refractivity contribution in [2.45, 2.75) is 38.3 Å². The van der Waals surface area contributed by atoms with E-state index in [1.165, 1.54) is 14.2 Å². The molecular weight excluding hydrogens is 238 g/mol. The topological polar surface area (TPSA) is 73.9 Å². The van der Waals surface area contributed by atoms with Gasteiger partial charge in [-0.25, -0.2) is 9.59 Å². The van der Waals surface area contributed by atoms with E-state index in [-0.39, 0.29) is 11.5 Å². The summed E-state index contributed by atoms with van der Waals surface area (Å²) >= 11 is 0. The quantitative estimate of drug-likeness (QED) is 0.768. The molecule has 0 spiro atoms. The molecule has 0 aromatic heterocycles. The van der Waals surface area contributed by atoms with Crippen LogP contribution in [0.15, 0.2) is 0 Å². The molecule has 1 aliphatic rings. The van der Waals surface area contributed by atoms with Gasteiger partial charge in [0, 0.05) is 6.61 Å². The first-order valence-electron chi connectivity index (χ1n) is 5.96. The van der Waals surface area contributed by atoms with Crippen molar-refractivity contribution in [2.24, 2.45) is 5.92 Å². The Bertz CT molecular complexity index is 316. The average molecular weight is 259 g/mol. The molecule has 6 heteroatoms. The van der Waals surface area contributed by atoms with Crippen LogP contribution in [-0.4, -0.2) is 44.5 Å². The van der Waals surface area contributed by atoms with Crippen molar-refractivity contribution in [3.05, 3.63) is 0 Å². The van der Waals surface area contributed by atoms with E-state index in [1.807, 2.05) is 13.8 Å². The molecule has 0 bridgehead atoms. The Morgan fingerprint density at radius 1 is 1.33 bits per heavy atom. The van der Waals surface area contributed by atoms with Crippen molar-refractivity contribution < 1.29 is 23.8 Å². The molecule has 1 N–H and O–H groups in total. The van der Waals surface area contributed by atoms with Crippen LogP contribution in [0.4, 0.5) is 4.79 Å². The second-order valence-corrected chi connectivity index (χ2v) is 5.00. The summed E-state index contributed by atoms with van der Waals surface area (Å²) in [5, 5.41) is 2.53. The molecule has 18 heavy (non-hydrogen) atoms. The number of carbonyl (C=O) groups excluding carboxylic acids is 2. The third-order valence-corrected chi connectivity index (χ3v) is 3.12. The van der Waals surface area contributed by atoms with Crippen molar-refractivity contribution in [1.29, 1.82) is 0 Å². The molecule has 0 radical (unpaired) electrons. The van der Waals surface area contributed by atoms with Gasteiger partial charge in [-0.1, -0.05) is 0 Å². The van der Waals surface area contributed by atoms with Crippen LogP contribution >= 0.6 is 0 Å². The molecule has 1 aliphatic heterocycles. The summed E-state index contributed by atoms with van der Waals surface area (Å²) in [6, 6.07) is -0.689. The van der Waals surface area contributed by atoms with E-state index in [9.17, 15) is 9.59 Å². The Balaban J connectivity index is 2.75. The van der Waals surface area contributed by atoms with Crippen molar-refractivity contribution in [2.75, 3.05) is 20.8 Å². The molecule has 0 aliphatic carbocycles. The van der Waals surface area contributed by atoms with E-state index in [1.54, 1.807) is 0 Å². The maximum atomic E-state index is 11.7. The van der Waals surface area contributed by atoms with Gasteiger partial charge in [0.25, 0.3) is 0 Å². The molecule has 1 rings (SSSR count). The highest BCUT2D eigenvalue weighted by molar-refractivity contribution is 5.81. The Morgan fingerprint density at radius 2 is 2.00 bits per heavy atom. The maximum Gasteiger partial charge on any atom is 0.407 e. The standard InChI is InChI=1S/C12H21NO5/c1-12(2)7-8(5-6-18-12)9(10(14)16-3)13-11(15)17-4/h8-9H,5-7H2,1-4H3,(H,13,15)/t8-,9-/m1/s1. The second-order valence-electron chi connectivity index (χ2n) is 5.00. The fraction of sp³-hybridized carbons (Fsp3) is 0.833. The molecule has 1 amide bonds. The number of nitrogens with one attached hydrogen (secondary N) is 1. The van der Waals surface area contributed by atoms with Gasteiger partial charge in [0.15, 0.2) is 0 Å². The zero-order valence-corrected chi connectivity index (χ0v) is 11.3. The third kappa shape index (κ3) is 3.87.